The molecular weight excluding hydrogens is 262 g/mol. The summed E-state index contributed by atoms with van der Waals surface area (Å²) < 4.78 is 0. The van der Waals surface area contributed by atoms with E-state index in [1.165, 1.54) is 0 Å². The van der Waals surface area contributed by atoms with E-state index in [1.54, 1.807) is 11.8 Å². The van der Waals surface area contributed by atoms with Crippen molar-refractivity contribution in [3.8, 4) is 0 Å². The second-order valence-electron chi connectivity index (χ2n) is 5.31. The van der Waals surface area contributed by atoms with Crippen LogP contribution < -0.4 is 11.1 Å². The summed E-state index contributed by atoms with van der Waals surface area (Å²) in [7, 11) is 0. The van der Waals surface area contributed by atoms with Crippen molar-refractivity contribution in [2.75, 3.05) is 12.0 Å². The monoisotopic (exact) mass is 287 g/mol. The van der Waals surface area contributed by atoms with Crippen LogP contribution in [0.25, 0.3) is 0 Å². The second kappa shape index (κ2) is 7.62. The molecule has 0 spiro atoms. The van der Waals surface area contributed by atoms with Crippen LogP contribution in [0.1, 0.15) is 45.4 Å². The Morgan fingerprint density at radius 1 is 1.42 bits per heavy atom. The lowest BCUT2D eigenvalue weighted by molar-refractivity contribution is -0.128. The molecule has 6 heteroatoms. The number of carbonyl (C=O) groups excluding carboxylic acids is 1. The highest BCUT2D eigenvalue weighted by Crippen LogP contribution is 2.35. The van der Waals surface area contributed by atoms with Gasteiger partial charge in [-0.15, -0.1) is 0 Å². The fourth-order valence-corrected chi connectivity index (χ4v) is 3.26. The van der Waals surface area contributed by atoms with Gasteiger partial charge in [-0.05, 0) is 26.0 Å². The smallest absolute Gasteiger partial charge is 0.234 e. The number of amidine groups is 1. The van der Waals surface area contributed by atoms with Crippen molar-refractivity contribution in [2.24, 2.45) is 16.3 Å². The summed E-state index contributed by atoms with van der Waals surface area (Å²) in [5.74, 6) is 0.826. The van der Waals surface area contributed by atoms with Gasteiger partial charge < -0.3 is 16.3 Å². The normalized spacial score (nSPS) is 21.5. The molecule has 0 aliphatic heterocycles. The van der Waals surface area contributed by atoms with E-state index in [0.717, 1.165) is 31.4 Å². The number of hydrogen-bond acceptors (Lipinski definition) is 4. The van der Waals surface area contributed by atoms with Crippen LogP contribution in [0.3, 0.4) is 0 Å². The average molecular weight is 287 g/mol. The Labute approximate surface area is 119 Å². The summed E-state index contributed by atoms with van der Waals surface area (Å²) in [6, 6.07) is 0.0918. The Morgan fingerprint density at radius 2 is 2.00 bits per heavy atom. The van der Waals surface area contributed by atoms with Crippen LogP contribution in [0.15, 0.2) is 5.16 Å². The number of nitrogens with two attached hydrogens (primary N) is 1. The van der Waals surface area contributed by atoms with Crippen molar-refractivity contribution in [2.45, 2.75) is 51.5 Å². The highest BCUT2D eigenvalue weighted by Gasteiger charge is 2.43. The molecule has 0 heterocycles. The second-order valence-corrected chi connectivity index (χ2v) is 6.22. The van der Waals surface area contributed by atoms with Crippen molar-refractivity contribution in [3.63, 3.8) is 0 Å². The fourth-order valence-electron chi connectivity index (χ4n) is 2.68. The quantitative estimate of drug-likeness (QED) is 0.237. The Bertz CT molecular complexity index is 326. The zero-order valence-corrected chi connectivity index (χ0v) is 12.6. The first-order valence-electron chi connectivity index (χ1n) is 6.84. The minimum absolute atomic E-state index is 0.0586. The van der Waals surface area contributed by atoms with Crippen LogP contribution in [0.4, 0.5) is 0 Å². The van der Waals surface area contributed by atoms with E-state index in [0.29, 0.717) is 12.8 Å². The van der Waals surface area contributed by atoms with E-state index in [2.05, 4.69) is 10.5 Å². The molecule has 1 unspecified atom stereocenters. The first-order chi connectivity index (χ1) is 9.06. The SMILES string of the molecule is CSCC(C)NC(=O)C1(C(N)=NO)CCCCCC1. The number of amides is 1. The summed E-state index contributed by atoms with van der Waals surface area (Å²) in [6.45, 7) is 1.98. The molecule has 4 N–H and O–H groups in total. The van der Waals surface area contributed by atoms with Crippen LogP contribution in [0.2, 0.25) is 0 Å². The van der Waals surface area contributed by atoms with Crippen molar-refractivity contribution in [3.05, 3.63) is 0 Å². The van der Waals surface area contributed by atoms with E-state index in [4.69, 9.17) is 10.9 Å². The zero-order chi connectivity index (χ0) is 14.3. The zero-order valence-electron chi connectivity index (χ0n) is 11.8. The minimum Gasteiger partial charge on any atom is -0.409 e. The molecule has 0 radical (unpaired) electrons. The third-order valence-electron chi connectivity index (χ3n) is 3.78. The molecule has 0 aromatic rings. The van der Waals surface area contributed by atoms with E-state index in [-0.39, 0.29) is 17.8 Å². The Hall–Kier alpha value is -0.910. The molecule has 5 nitrogen and oxygen atoms in total. The molecule has 1 aliphatic rings. The highest BCUT2D eigenvalue weighted by atomic mass is 32.2. The van der Waals surface area contributed by atoms with Gasteiger partial charge in [-0.25, -0.2) is 0 Å². The van der Waals surface area contributed by atoms with Crippen LogP contribution >= 0.6 is 11.8 Å². The lowest BCUT2D eigenvalue weighted by atomic mass is 9.78. The van der Waals surface area contributed by atoms with E-state index in [9.17, 15) is 4.79 Å². The van der Waals surface area contributed by atoms with Crippen molar-refractivity contribution in [1.29, 1.82) is 0 Å². The maximum atomic E-state index is 12.6. The molecule has 0 bridgehead atoms. The van der Waals surface area contributed by atoms with Gasteiger partial charge in [0, 0.05) is 11.8 Å². The fraction of sp³-hybridized carbons (Fsp3) is 0.846. The molecule has 1 rings (SSSR count). The summed E-state index contributed by atoms with van der Waals surface area (Å²) >= 11 is 1.69. The Balaban J connectivity index is 2.86. The number of rotatable bonds is 5. The van der Waals surface area contributed by atoms with Crippen LogP contribution in [-0.2, 0) is 4.79 Å². The van der Waals surface area contributed by atoms with Crippen LogP contribution in [0, 0.1) is 5.41 Å². The minimum atomic E-state index is -0.822. The third-order valence-corrected chi connectivity index (χ3v) is 4.62. The molecule has 1 atom stereocenters. The molecule has 19 heavy (non-hydrogen) atoms. The first kappa shape index (κ1) is 16.1. The highest BCUT2D eigenvalue weighted by molar-refractivity contribution is 7.98. The topological polar surface area (TPSA) is 87.7 Å². The molecule has 0 saturated heterocycles. The lowest BCUT2D eigenvalue weighted by Gasteiger charge is -2.31. The molecule has 110 valence electrons. The van der Waals surface area contributed by atoms with E-state index >= 15 is 0 Å². The molecule has 1 aliphatic carbocycles. The van der Waals surface area contributed by atoms with Gasteiger partial charge in [0.05, 0.1) is 0 Å². The molecular formula is C13H25N3O2S. The number of nitrogens with one attached hydrogen (secondary N) is 1. The number of hydrogen-bond donors (Lipinski definition) is 3. The maximum absolute atomic E-state index is 12.6. The molecule has 1 saturated carbocycles. The van der Waals surface area contributed by atoms with E-state index in [1.807, 2.05) is 13.2 Å². The summed E-state index contributed by atoms with van der Waals surface area (Å²) in [5.41, 5.74) is 5.02. The predicted molar refractivity (Wildman–Crippen MR) is 79.5 cm³/mol. The Morgan fingerprint density at radius 3 is 2.47 bits per heavy atom. The molecule has 0 aromatic heterocycles. The number of thioether (sulfide) groups is 1. The van der Waals surface area contributed by atoms with Crippen molar-refractivity contribution < 1.29 is 10.0 Å². The predicted octanol–water partition coefficient (Wildman–Crippen LogP) is 1.94. The van der Waals surface area contributed by atoms with Crippen LogP contribution in [0.5, 0.6) is 0 Å². The van der Waals surface area contributed by atoms with Gasteiger partial charge >= 0.3 is 0 Å². The maximum Gasteiger partial charge on any atom is 0.234 e. The number of oxime groups is 1. The van der Waals surface area contributed by atoms with Gasteiger partial charge in [0.2, 0.25) is 5.91 Å². The van der Waals surface area contributed by atoms with E-state index < -0.39 is 5.41 Å². The van der Waals surface area contributed by atoms with Gasteiger partial charge in [-0.3, -0.25) is 4.79 Å². The lowest BCUT2D eigenvalue weighted by Crippen LogP contribution is -2.52. The molecule has 0 aromatic carbocycles. The van der Waals surface area contributed by atoms with Crippen molar-refractivity contribution >= 4 is 23.5 Å². The third kappa shape index (κ3) is 4.03. The summed E-state index contributed by atoms with van der Waals surface area (Å²) in [5, 5.41) is 15.1. The van der Waals surface area contributed by atoms with Gasteiger partial charge in [-0.1, -0.05) is 30.8 Å². The summed E-state index contributed by atoms with van der Waals surface area (Å²) in [6.07, 6.45) is 7.44. The number of nitrogens with zero attached hydrogens (tertiary/aromatic N) is 1. The van der Waals surface area contributed by atoms with Gasteiger partial charge in [0.1, 0.15) is 5.41 Å². The Kier molecular flexibility index (Phi) is 6.48. The largest absolute Gasteiger partial charge is 0.409 e. The molecule has 1 amide bonds. The molecule has 1 fully saturated rings. The van der Waals surface area contributed by atoms with Crippen LogP contribution in [-0.4, -0.2) is 35.0 Å². The van der Waals surface area contributed by atoms with Gasteiger partial charge in [-0.2, -0.15) is 11.8 Å². The standard InChI is InChI=1S/C13H25N3O2S/c1-10(9-19-2)15-12(17)13(11(14)16-18)7-5-3-4-6-8-13/h10,18H,3-9H2,1-2H3,(H2,14,16)(H,15,17). The summed E-state index contributed by atoms with van der Waals surface area (Å²) in [4.78, 5) is 12.6. The number of carbonyl (C=O) groups is 1. The average Bonchev–Trinajstić information content (AvgIpc) is 2.64. The first-order valence-corrected chi connectivity index (χ1v) is 8.24. The van der Waals surface area contributed by atoms with Gasteiger partial charge in [0.15, 0.2) is 5.84 Å². The van der Waals surface area contributed by atoms with Gasteiger partial charge in [0.25, 0.3) is 0 Å². The van der Waals surface area contributed by atoms with Crippen molar-refractivity contribution in [1.82, 2.24) is 5.32 Å².